The zero-order valence-electron chi connectivity index (χ0n) is 10.9. The fourth-order valence-corrected chi connectivity index (χ4v) is 1.42. The van der Waals surface area contributed by atoms with Crippen LogP contribution in [0.2, 0.25) is 0 Å². The Morgan fingerprint density at radius 1 is 1.56 bits per heavy atom. The molecule has 0 saturated carbocycles. The van der Waals surface area contributed by atoms with Crippen LogP contribution in [-0.2, 0) is 4.79 Å². The average Bonchev–Trinajstić information content (AvgIpc) is 2.35. The zero-order valence-corrected chi connectivity index (χ0v) is 10.9. The van der Waals surface area contributed by atoms with Gasteiger partial charge >= 0.3 is 0 Å². The van der Waals surface area contributed by atoms with Gasteiger partial charge in [0.2, 0.25) is 5.91 Å². The molecule has 0 radical (unpaired) electrons. The number of aliphatic hydroxyl groups excluding tert-OH is 1. The van der Waals surface area contributed by atoms with Crippen LogP contribution in [0.4, 0.5) is 0 Å². The molecule has 4 heteroatoms. The summed E-state index contributed by atoms with van der Waals surface area (Å²) in [6.45, 7) is 4.70. The molecule has 1 aromatic rings. The van der Waals surface area contributed by atoms with Crippen molar-refractivity contribution in [3.05, 3.63) is 36.2 Å². The zero-order chi connectivity index (χ0) is 13.4. The highest BCUT2D eigenvalue weighted by Gasteiger charge is 2.17. The topological polar surface area (TPSA) is 62.2 Å². The van der Waals surface area contributed by atoms with Crippen molar-refractivity contribution in [2.75, 3.05) is 13.2 Å². The van der Waals surface area contributed by atoms with Crippen molar-refractivity contribution in [1.29, 1.82) is 0 Å². The summed E-state index contributed by atoms with van der Waals surface area (Å²) < 4.78 is 0. The molecular formula is C14H20N2O2. The molecule has 0 saturated heterocycles. The number of carbonyl (C=O) groups excluding carboxylic acids is 1. The van der Waals surface area contributed by atoms with E-state index in [-0.39, 0.29) is 17.9 Å². The summed E-state index contributed by atoms with van der Waals surface area (Å²) in [4.78, 5) is 15.5. The Balaban J connectivity index is 2.41. The Labute approximate surface area is 108 Å². The van der Waals surface area contributed by atoms with Gasteiger partial charge in [0.15, 0.2) is 0 Å². The van der Waals surface area contributed by atoms with E-state index in [9.17, 15) is 4.79 Å². The van der Waals surface area contributed by atoms with E-state index in [0.29, 0.717) is 13.0 Å². The molecule has 0 aliphatic carbocycles. The van der Waals surface area contributed by atoms with Gasteiger partial charge in [0, 0.05) is 31.6 Å². The predicted octanol–water partition coefficient (Wildman–Crippen LogP) is 1.62. The second-order valence-corrected chi connectivity index (χ2v) is 4.98. The maximum absolute atomic E-state index is 11.6. The molecule has 1 aromatic heterocycles. The Morgan fingerprint density at radius 3 is 2.94 bits per heavy atom. The molecule has 0 fully saturated rings. The normalized spacial score (nSPS) is 11.7. The maximum atomic E-state index is 11.6. The quantitative estimate of drug-likeness (QED) is 0.752. The molecule has 0 unspecified atom stereocenters. The molecule has 0 atom stereocenters. The molecule has 0 spiro atoms. The molecule has 1 heterocycles. The summed E-state index contributed by atoms with van der Waals surface area (Å²) in [6, 6.07) is 3.70. The number of aromatic nitrogens is 1. The van der Waals surface area contributed by atoms with Gasteiger partial charge in [0.05, 0.1) is 0 Å². The minimum Gasteiger partial charge on any atom is -0.396 e. The van der Waals surface area contributed by atoms with E-state index < -0.39 is 0 Å². The van der Waals surface area contributed by atoms with Crippen molar-refractivity contribution in [3.8, 4) is 0 Å². The third-order valence-corrected chi connectivity index (χ3v) is 2.64. The van der Waals surface area contributed by atoms with E-state index >= 15 is 0 Å². The molecule has 0 aliphatic heterocycles. The van der Waals surface area contributed by atoms with E-state index in [1.807, 2.05) is 26.0 Å². The molecule has 98 valence electrons. The van der Waals surface area contributed by atoms with E-state index in [1.54, 1.807) is 18.5 Å². The second kappa shape index (κ2) is 6.91. The highest BCUT2D eigenvalue weighted by Crippen LogP contribution is 2.17. The first-order valence-corrected chi connectivity index (χ1v) is 6.00. The van der Waals surface area contributed by atoms with Crippen LogP contribution in [0.1, 0.15) is 25.8 Å². The minimum absolute atomic E-state index is 0.0907. The Kier molecular flexibility index (Phi) is 5.52. The number of nitrogens with zero attached hydrogens (tertiary/aromatic N) is 1. The molecule has 1 amide bonds. The van der Waals surface area contributed by atoms with Crippen molar-refractivity contribution >= 4 is 12.0 Å². The van der Waals surface area contributed by atoms with Crippen LogP contribution in [0, 0.1) is 5.41 Å². The summed E-state index contributed by atoms with van der Waals surface area (Å²) in [5.41, 5.74) is 0.800. The van der Waals surface area contributed by atoms with Gasteiger partial charge in [-0.3, -0.25) is 9.78 Å². The maximum Gasteiger partial charge on any atom is 0.244 e. The lowest BCUT2D eigenvalue weighted by atomic mass is 9.90. The first-order chi connectivity index (χ1) is 8.53. The third kappa shape index (κ3) is 5.59. The van der Waals surface area contributed by atoms with Crippen LogP contribution in [0.25, 0.3) is 6.08 Å². The lowest BCUT2D eigenvalue weighted by Gasteiger charge is -2.23. The van der Waals surface area contributed by atoms with Gasteiger partial charge < -0.3 is 10.4 Å². The molecule has 2 N–H and O–H groups in total. The van der Waals surface area contributed by atoms with E-state index in [4.69, 9.17) is 5.11 Å². The molecule has 18 heavy (non-hydrogen) atoms. The number of aliphatic hydroxyl groups is 1. The summed E-state index contributed by atoms with van der Waals surface area (Å²) in [6.07, 6.45) is 7.27. The van der Waals surface area contributed by atoms with Gasteiger partial charge in [-0.05, 0) is 29.5 Å². The van der Waals surface area contributed by atoms with Crippen LogP contribution in [0.3, 0.4) is 0 Å². The van der Waals surface area contributed by atoms with E-state index in [1.165, 1.54) is 6.08 Å². The van der Waals surface area contributed by atoms with Crippen LogP contribution in [0.5, 0.6) is 0 Å². The lowest BCUT2D eigenvalue weighted by Crippen LogP contribution is -2.33. The van der Waals surface area contributed by atoms with Crippen molar-refractivity contribution in [2.45, 2.75) is 20.3 Å². The van der Waals surface area contributed by atoms with Crippen molar-refractivity contribution in [3.63, 3.8) is 0 Å². The van der Waals surface area contributed by atoms with Crippen LogP contribution in [0.15, 0.2) is 30.6 Å². The fraction of sp³-hybridized carbons (Fsp3) is 0.429. The van der Waals surface area contributed by atoms with Gasteiger partial charge in [-0.2, -0.15) is 0 Å². The van der Waals surface area contributed by atoms with Crippen LogP contribution in [-0.4, -0.2) is 29.1 Å². The first-order valence-electron chi connectivity index (χ1n) is 6.00. The molecule has 1 rings (SSSR count). The summed E-state index contributed by atoms with van der Waals surface area (Å²) in [7, 11) is 0. The number of hydrogen-bond acceptors (Lipinski definition) is 3. The van der Waals surface area contributed by atoms with E-state index in [2.05, 4.69) is 10.3 Å². The predicted molar refractivity (Wildman–Crippen MR) is 71.8 cm³/mol. The van der Waals surface area contributed by atoms with Gasteiger partial charge in [-0.15, -0.1) is 0 Å². The van der Waals surface area contributed by atoms with Crippen LogP contribution < -0.4 is 5.32 Å². The third-order valence-electron chi connectivity index (χ3n) is 2.64. The SMILES string of the molecule is CC(C)(CCO)CNC(=O)/C=C/c1cccnc1. The average molecular weight is 248 g/mol. The Bertz CT molecular complexity index is 400. The molecule has 0 bridgehead atoms. The van der Waals surface area contributed by atoms with Crippen molar-refractivity contribution in [2.24, 2.45) is 5.41 Å². The number of amides is 1. The highest BCUT2D eigenvalue weighted by molar-refractivity contribution is 5.91. The number of carbonyl (C=O) groups is 1. The molecule has 0 aromatic carbocycles. The lowest BCUT2D eigenvalue weighted by molar-refractivity contribution is -0.116. The number of hydrogen-bond donors (Lipinski definition) is 2. The molecular weight excluding hydrogens is 228 g/mol. The van der Waals surface area contributed by atoms with Crippen molar-refractivity contribution in [1.82, 2.24) is 10.3 Å². The van der Waals surface area contributed by atoms with Gasteiger partial charge in [0.25, 0.3) is 0 Å². The van der Waals surface area contributed by atoms with Gasteiger partial charge in [-0.25, -0.2) is 0 Å². The largest absolute Gasteiger partial charge is 0.396 e. The Morgan fingerprint density at radius 2 is 2.33 bits per heavy atom. The molecule has 0 aliphatic rings. The summed E-state index contributed by atoms with van der Waals surface area (Å²) in [5.74, 6) is -0.134. The summed E-state index contributed by atoms with van der Waals surface area (Å²) >= 11 is 0. The standard InChI is InChI=1S/C14H20N2O2/c1-14(2,7-9-17)11-16-13(18)6-5-12-4-3-8-15-10-12/h3-6,8,10,17H,7,9,11H2,1-2H3,(H,16,18)/b6-5+. The van der Waals surface area contributed by atoms with Crippen LogP contribution >= 0.6 is 0 Å². The number of rotatable bonds is 6. The molecule has 4 nitrogen and oxygen atoms in total. The van der Waals surface area contributed by atoms with Crippen molar-refractivity contribution < 1.29 is 9.90 Å². The minimum atomic E-state index is -0.134. The highest BCUT2D eigenvalue weighted by atomic mass is 16.3. The van der Waals surface area contributed by atoms with Gasteiger partial charge in [-0.1, -0.05) is 19.9 Å². The monoisotopic (exact) mass is 248 g/mol. The first kappa shape index (κ1) is 14.4. The van der Waals surface area contributed by atoms with E-state index in [0.717, 1.165) is 5.56 Å². The Hall–Kier alpha value is -1.68. The number of nitrogens with one attached hydrogen (secondary N) is 1. The second-order valence-electron chi connectivity index (χ2n) is 4.98. The fourth-order valence-electron chi connectivity index (χ4n) is 1.42. The number of pyridine rings is 1. The summed E-state index contributed by atoms with van der Waals surface area (Å²) in [5, 5.41) is 11.7. The van der Waals surface area contributed by atoms with Gasteiger partial charge in [0.1, 0.15) is 0 Å². The smallest absolute Gasteiger partial charge is 0.244 e.